The molecule has 0 aliphatic heterocycles. The molecule has 0 aromatic heterocycles. The zero-order valence-corrected chi connectivity index (χ0v) is 30.0. The van der Waals surface area contributed by atoms with Crippen LogP contribution in [-0.4, -0.2) is 0 Å². The van der Waals surface area contributed by atoms with Gasteiger partial charge in [-0.2, -0.15) is 0 Å². The number of nitrogens with zero attached hydrogens (tertiary/aromatic N) is 1. The van der Waals surface area contributed by atoms with Gasteiger partial charge in [-0.15, -0.1) is 0 Å². The van der Waals surface area contributed by atoms with Gasteiger partial charge in [-0.25, -0.2) is 0 Å². The van der Waals surface area contributed by atoms with Crippen molar-refractivity contribution in [2.24, 2.45) is 0 Å². The number of hydrogen-bond donors (Lipinski definition) is 0. The highest BCUT2D eigenvalue weighted by molar-refractivity contribution is 6.06. The van der Waals surface area contributed by atoms with Crippen molar-refractivity contribution < 1.29 is 0 Å². The summed E-state index contributed by atoms with van der Waals surface area (Å²) in [4.78, 5) is 2.39. The number of anilines is 3. The SMILES string of the molecule is CC1(C)c2ccccc2-c2c1cc1c(c2-c2ccccc2)-c2cc(N(c3ccccc3)c3ccccc3)ccc2C1(c1ccccc1)c1ccccc1. The smallest absolute Gasteiger partial charge is 0.0713 e. The molecule has 0 bridgehead atoms. The Labute approximate surface area is 312 Å². The summed E-state index contributed by atoms with van der Waals surface area (Å²) >= 11 is 0. The van der Waals surface area contributed by atoms with Crippen LogP contribution in [0.15, 0.2) is 200 Å². The molecular formula is C52H39N. The lowest BCUT2D eigenvalue weighted by Gasteiger charge is -2.35. The van der Waals surface area contributed by atoms with Crippen LogP contribution in [0, 0.1) is 0 Å². The van der Waals surface area contributed by atoms with Gasteiger partial charge >= 0.3 is 0 Å². The maximum Gasteiger partial charge on any atom is 0.0713 e. The van der Waals surface area contributed by atoms with E-state index in [4.69, 9.17) is 0 Å². The summed E-state index contributed by atoms with van der Waals surface area (Å²) in [5, 5.41) is 0. The monoisotopic (exact) mass is 677 g/mol. The fourth-order valence-electron chi connectivity index (χ4n) is 9.43. The molecule has 10 rings (SSSR count). The Bertz CT molecular complexity index is 2530. The van der Waals surface area contributed by atoms with Gasteiger partial charge in [-0.1, -0.05) is 178 Å². The number of hydrogen-bond acceptors (Lipinski definition) is 1. The first-order valence-corrected chi connectivity index (χ1v) is 18.6. The van der Waals surface area contributed by atoms with Gasteiger partial charge in [-0.05, 0) is 103 Å². The minimum atomic E-state index is -0.542. The Morgan fingerprint density at radius 2 is 0.830 bits per heavy atom. The number of rotatable bonds is 6. The predicted molar refractivity (Wildman–Crippen MR) is 221 cm³/mol. The predicted octanol–water partition coefficient (Wildman–Crippen LogP) is 13.5. The Kier molecular flexibility index (Phi) is 7.13. The van der Waals surface area contributed by atoms with Gasteiger partial charge in [0.2, 0.25) is 0 Å². The molecule has 1 nitrogen and oxygen atoms in total. The molecule has 0 fully saturated rings. The standard InChI is InChI=1S/C52H39N/c1-51(2)44-31-19-18-30-42(44)49-46(51)35-47-50(48(49)36-20-8-3-9-21-36)43-34-41(53(39-26-14-6-15-27-39)40-28-16-7-17-29-40)32-33-45(43)52(47,37-22-10-4-11-23-37)38-24-12-5-13-25-38/h3-35H,1-2H3. The number of para-hydroxylation sites is 2. The molecule has 1 heteroatoms. The summed E-state index contributed by atoms with van der Waals surface area (Å²) in [5.41, 5.74) is 18.4. The minimum absolute atomic E-state index is 0.180. The highest BCUT2D eigenvalue weighted by Gasteiger charge is 2.50. The fourth-order valence-corrected chi connectivity index (χ4v) is 9.43. The average molecular weight is 678 g/mol. The van der Waals surface area contributed by atoms with E-state index in [1.165, 1.54) is 66.8 Å². The van der Waals surface area contributed by atoms with E-state index < -0.39 is 5.41 Å². The van der Waals surface area contributed by atoms with Gasteiger partial charge in [-0.3, -0.25) is 0 Å². The lowest BCUT2D eigenvalue weighted by molar-refractivity contribution is 0.656. The van der Waals surface area contributed by atoms with Gasteiger partial charge in [0.15, 0.2) is 0 Å². The molecule has 0 atom stereocenters. The van der Waals surface area contributed by atoms with Crippen molar-refractivity contribution in [2.45, 2.75) is 24.7 Å². The van der Waals surface area contributed by atoms with Crippen molar-refractivity contribution in [1.82, 2.24) is 0 Å². The molecule has 0 heterocycles. The van der Waals surface area contributed by atoms with Gasteiger partial charge in [0.25, 0.3) is 0 Å². The summed E-state index contributed by atoms with van der Waals surface area (Å²) in [6, 6.07) is 73.9. The first kappa shape index (κ1) is 31.3. The first-order valence-electron chi connectivity index (χ1n) is 18.6. The van der Waals surface area contributed by atoms with Crippen LogP contribution in [0.5, 0.6) is 0 Å². The summed E-state index contributed by atoms with van der Waals surface area (Å²) in [6.07, 6.45) is 0. The molecule has 0 N–H and O–H groups in total. The van der Waals surface area contributed by atoms with Crippen LogP contribution in [0.25, 0.3) is 33.4 Å². The van der Waals surface area contributed by atoms with Gasteiger partial charge in [0.1, 0.15) is 0 Å². The van der Waals surface area contributed by atoms with Crippen molar-refractivity contribution in [1.29, 1.82) is 0 Å². The van der Waals surface area contributed by atoms with Crippen molar-refractivity contribution >= 4 is 17.1 Å². The lowest BCUT2D eigenvalue weighted by atomic mass is 9.66. The summed E-state index contributed by atoms with van der Waals surface area (Å²) in [5.74, 6) is 0. The lowest BCUT2D eigenvalue weighted by Crippen LogP contribution is -2.29. The molecule has 0 saturated heterocycles. The zero-order valence-electron chi connectivity index (χ0n) is 30.0. The summed E-state index contributed by atoms with van der Waals surface area (Å²) in [7, 11) is 0. The Morgan fingerprint density at radius 1 is 0.340 bits per heavy atom. The second-order valence-corrected chi connectivity index (χ2v) is 14.9. The number of fused-ring (bicyclic) bond motifs is 6. The van der Waals surface area contributed by atoms with Crippen LogP contribution in [0.4, 0.5) is 17.1 Å². The minimum Gasteiger partial charge on any atom is -0.310 e. The van der Waals surface area contributed by atoms with Crippen LogP contribution in [0.2, 0.25) is 0 Å². The highest BCUT2D eigenvalue weighted by atomic mass is 15.1. The van der Waals surface area contributed by atoms with Crippen LogP contribution in [0.1, 0.15) is 47.2 Å². The molecule has 0 unspecified atom stereocenters. The van der Waals surface area contributed by atoms with E-state index in [1.807, 2.05) is 0 Å². The quantitative estimate of drug-likeness (QED) is 0.169. The normalized spacial score (nSPS) is 14.2. The summed E-state index contributed by atoms with van der Waals surface area (Å²) in [6.45, 7) is 4.81. The van der Waals surface area contributed by atoms with E-state index in [1.54, 1.807) is 0 Å². The molecule has 252 valence electrons. The van der Waals surface area contributed by atoms with Crippen LogP contribution < -0.4 is 4.90 Å². The third kappa shape index (κ3) is 4.57. The second-order valence-electron chi connectivity index (χ2n) is 14.9. The maximum absolute atomic E-state index is 2.59. The van der Waals surface area contributed by atoms with Crippen LogP contribution >= 0.6 is 0 Å². The largest absolute Gasteiger partial charge is 0.310 e. The topological polar surface area (TPSA) is 3.24 Å². The van der Waals surface area contributed by atoms with E-state index in [0.717, 1.165) is 17.1 Å². The second kappa shape index (κ2) is 12.1. The third-order valence-electron chi connectivity index (χ3n) is 11.7. The molecule has 2 aliphatic carbocycles. The number of benzene rings is 8. The van der Waals surface area contributed by atoms with E-state index in [-0.39, 0.29) is 5.41 Å². The molecule has 8 aromatic rings. The van der Waals surface area contributed by atoms with E-state index >= 15 is 0 Å². The molecule has 8 aromatic carbocycles. The van der Waals surface area contributed by atoms with Gasteiger partial charge < -0.3 is 4.90 Å². The van der Waals surface area contributed by atoms with E-state index in [9.17, 15) is 0 Å². The summed E-state index contributed by atoms with van der Waals surface area (Å²) < 4.78 is 0. The van der Waals surface area contributed by atoms with Crippen molar-refractivity contribution in [3.05, 3.63) is 234 Å². The van der Waals surface area contributed by atoms with Crippen LogP contribution in [0.3, 0.4) is 0 Å². The molecule has 2 aliphatic rings. The zero-order chi connectivity index (χ0) is 35.6. The average Bonchev–Trinajstić information content (AvgIpc) is 3.64. The van der Waals surface area contributed by atoms with Crippen LogP contribution in [-0.2, 0) is 10.8 Å². The van der Waals surface area contributed by atoms with E-state index in [0.29, 0.717) is 0 Å². The highest BCUT2D eigenvalue weighted by Crippen LogP contribution is 2.64. The van der Waals surface area contributed by atoms with Gasteiger partial charge in [0, 0.05) is 22.5 Å². The first-order chi connectivity index (χ1) is 26.1. The molecule has 0 spiro atoms. The fraction of sp³-hybridized carbons (Fsp3) is 0.0769. The van der Waals surface area contributed by atoms with Crippen molar-refractivity contribution in [2.75, 3.05) is 4.90 Å². The molecule has 53 heavy (non-hydrogen) atoms. The maximum atomic E-state index is 2.59. The molecular weight excluding hydrogens is 639 g/mol. The molecule has 0 amide bonds. The molecule has 0 radical (unpaired) electrons. The van der Waals surface area contributed by atoms with Crippen molar-refractivity contribution in [3.8, 4) is 33.4 Å². The molecule has 0 saturated carbocycles. The Balaban J connectivity index is 1.39. The van der Waals surface area contributed by atoms with Gasteiger partial charge in [0.05, 0.1) is 5.41 Å². The van der Waals surface area contributed by atoms with Crippen molar-refractivity contribution in [3.63, 3.8) is 0 Å². The Hall–Kier alpha value is -6.44. The Morgan fingerprint density at radius 3 is 1.42 bits per heavy atom. The third-order valence-corrected chi connectivity index (χ3v) is 11.7. The van der Waals surface area contributed by atoms with E-state index in [2.05, 4.69) is 219 Å².